The summed E-state index contributed by atoms with van der Waals surface area (Å²) >= 11 is 3.37. The Morgan fingerprint density at radius 1 is 1.16 bits per heavy atom. The number of esters is 1. The molecule has 0 aliphatic carbocycles. The molecular formula is C22H21BrN2O6. The zero-order valence-electron chi connectivity index (χ0n) is 17.0. The molecule has 1 amide bonds. The highest BCUT2D eigenvalue weighted by Gasteiger charge is 2.40. The number of hydrogen-bond acceptors (Lipinski definition) is 6. The van der Waals surface area contributed by atoms with Crippen LogP contribution in [0.3, 0.4) is 0 Å². The molecule has 8 nitrogen and oxygen atoms in total. The van der Waals surface area contributed by atoms with Gasteiger partial charge in [0.05, 0.1) is 23.8 Å². The van der Waals surface area contributed by atoms with Crippen molar-refractivity contribution in [3.05, 3.63) is 85.5 Å². The highest BCUT2D eigenvalue weighted by atomic mass is 79.9. The average Bonchev–Trinajstić information content (AvgIpc) is 2.73. The summed E-state index contributed by atoms with van der Waals surface area (Å²) in [5, 5.41) is 11.4. The molecule has 0 radical (unpaired) electrons. The van der Waals surface area contributed by atoms with E-state index in [1.807, 2.05) is 30.3 Å². The highest BCUT2D eigenvalue weighted by molar-refractivity contribution is 9.10. The third-order valence-corrected chi connectivity index (χ3v) is 5.39. The molecule has 2 aromatic rings. The van der Waals surface area contributed by atoms with E-state index < -0.39 is 29.4 Å². The number of benzene rings is 2. The Labute approximate surface area is 187 Å². The standard InChI is InChI=1S/C22H21BrN2O6/c1-3-30-21(26)20-14(2)25(22(27)31-13-15-7-5-4-6-8-15)19-10-9-16(23)11-17(19)18(20)12-24(28)29/h4-11,18H,3,12-13H2,1-2H3/t18-/m1/s1. The minimum atomic E-state index is -0.861. The largest absolute Gasteiger partial charge is 0.463 e. The van der Waals surface area contributed by atoms with Gasteiger partial charge in [-0.1, -0.05) is 46.3 Å². The maximum atomic E-state index is 13.1. The SMILES string of the molecule is CCOC(=O)C1=C(C)N(C(=O)OCc2ccccc2)c2ccc(Br)cc2[C@H]1C[N+](=O)[O-]. The van der Waals surface area contributed by atoms with E-state index in [2.05, 4.69) is 15.9 Å². The van der Waals surface area contributed by atoms with Crippen molar-refractivity contribution in [1.82, 2.24) is 0 Å². The summed E-state index contributed by atoms with van der Waals surface area (Å²) in [6.45, 7) is 2.85. The molecule has 1 atom stereocenters. The van der Waals surface area contributed by atoms with Gasteiger partial charge >= 0.3 is 12.1 Å². The third-order valence-electron chi connectivity index (χ3n) is 4.89. The number of allylic oxidation sites excluding steroid dienone is 1. The van der Waals surface area contributed by atoms with Crippen LogP contribution in [0.25, 0.3) is 0 Å². The highest BCUT2D eigenvalue weighted by Crippen LogP contribution is 2.43. The number of fused-ring (bicyclic) bond motifs is 1. The lowest BCUT2D eigenvalue weighted by Gasteiger charge is -2.34. The number of carbonyl (C=O) groups is 2. The number of carbonyl (C=O) groups excluding carboxylic acids is 2. The number of ether oxygens (including phenoxy) is 2. The van der Waals surface area contributed by atoms with Crippen LogP contribution in [0.15, 0.2) is 64.3 Å². The fourth-order valence-corrected chi connectivity index (χ4v) is 3.95. The molecule has 3 rings (SSSR count). The van der Waals surface area contributed by atoms with Crippen LogP contribution in [0.1, 0.15) is 30.9 Å². The second-order valence-electron chi connectivity index (χ2n) is 6.87. The van der Waals surface area contributed by atoms with Gasteiger partial charge in [-0.15, -0.1) is 0 Å². The van der Waals surface area contributed by atoms with Gasteiger partial charge < -0.3 is 9.47 Å². The van der Waals surface area contributed by atoms with E-state index in [0.717, 1.165) is 5.56 Å². The molecule has 0 N–H and O–H groups in total. The summed E-state index contributed by atoms with van der Waals surface area (Å²) < 4.78 is 11.3. The third kappa shape index (κ3) is 4.93. The minimum absolute atomic E-state index is 0.0440. The van der Waals surface area contributed by atoms with E-state index in [1.165, 1.54) is 4.90 Å². The molecular weight excluding hydrogens is 468 g/mol. The molecule has 0 aromatic heterocycles. The molecule has 31 heavy (non-hydrogen) atoms. The van der Waals surface area contributed by atoms with Crippen molar-refractivity contribution in [3.8, 4) is 0 Å². The maximum absolute atomic E-state index is 13.1. The fraction of sp³-hybridized carbons (Fsp3) is 0.273. The molecule has 1 aliphatic heterocycles. The van der Waals surface area contributed by atoms with Gasteiger partial charge in [0.2, 0.25) is 6.54 Å². The van der Waals surface area contributed by atoms with E-state index in [9.17, 15) is 19.7 Å². The van der Waals surface area contributed by atoms with Crippen LogP contribution in [0, 0.1) is 10.1 Å². The zero-order valence-corrected chi connectivity index (χ0v) is 18.6. The molecule has 2 aromatic carbocycles. The molecule has 0 saturated heterocycles. The summed E-state index contributed by atoms with van der Waals surface area (Å²) in [7, 11) is 0. The van der Waals surface area contributed by atoms with Crippen LogP contribution in [-0.2, 0) is 20.9 Å². The minimum Gasteiger partial charge on any atom is -0.463 e. The number of amides is 1. The van der Waals surface area contributed by atoms with Crippen molar-refractivity contribution < 1.29 is 24.0 Å². The summed E-state index contributed by atoms with van der Waals surface area (Å²) in [5.41, 5.74) is 2.02. The molecule has 9 heteroatoms. The van der Waals surface area contributed by atoms with Crippen molar-refractivity contribution in [2.45, 2.75) is 26.4 Å². The lowest BCUT2D eigenvalue weighted by molar-refractivity contribution is -0.481. The van der Waals surface area contributed by atoms with Gasteiger partial charge in [0.15, 0.2) is 0 Å². The van der Waals surface area contributed by atoms with Gasteiger partial charge in [-0.2, -0.15) is 0 Å². The van der Waals surface area contributed by atoms with Crippen molar-refractivity contribution >= 4 is 33.7 Å². The Morgan fingerprint density at radius 2 is 1.87 bits per heavy atom. The van der Waals surface area contributed by atoms with Crippen molar-refractivity contribution in [3.63, 3.8) is 0 Å². The van der Waals surface area contributed by atoms with Gasteiger partial charge in [0.25, 0.3) is 0 Å². The van der Waals surface area contributed by atoms with Crippen molar-refractivity contribution in [2.24, 2.45) is 0 Å². The Morgan fingerprint density at radius 3 is 2.52 bits per heavy atom. The van der Waals surface area contributed by atoms with Crippen LogP contribution in [0.2, 0.25) is 0 Å². The number of hydrogen-bond donors (Lipinski definition) is 0. The first kappa shape index (κ1) is 22.5. The Bertz CT molecular complexity index is 1040. The lowest BCUT2D eigenvalue weighted by atomic mass is 9.85. The number of halogens is 1. The molecule has 0 bridgehead atoms. The topological polar surface area (TPSA) is 99.0 Å². The van der Waals surface area contributed by atoms with E-state index in [4.69, 9.17) is 9.47 Å². The van der Waals surface area contributed by atoms with Gasteiger partial charge in [-0.05, 0) is 43.2 Å². The van der Waals surface area contributed by atoms with Gasteiger partial charge in [0.1, 0.15) is 6.61 Å². The molecule has 0 unspecified atom stereocenters. The van der Waals surface area contributed by atoms with Gasteiger partial charge in [0, 0.05) is 15.1 Å². The van der Waals surface area contributed by atoms with Crippen LogP contribution in [-0.4, -0.2) is 30.1 Å². The normalized spacial score (nSPS) is 15.3. The predicted octanol–water partition coefficient (Wildman–Crippen LogP) is 4.80. The van der Waals surface area contributed by atoms with Crippen LogP contribution < -0.4 is 4.90 Å². The van der Waals surface area contributed by atoms with E-state index in [-0.39, 0.29) is 24.5 Å². The molecule has 0 spiro atoms. The molecule has 162 valence electrons. The summed E-state index contributed by atoms with van der Waals surface area (Å²) in [5.74, 6) is -1.56. The summed E-state index contributed by atoms with van der Waals surface area (Å²) in [4.78, 5) is 38.0. The van der Waals surface area contributed by atoms with Crippen molar-refractivity contribution in [1.29, 1.82) is 0 Å². The Kier molecular flexibility index (Phi) is 7.06. The first-order valence-electron chi connectivity index (χ1n) is 9.63. The summed E-state index contributed by atoms with van der Waals surface area (Å²) in [6.07, 6.45) is -0.689. The first-order chi connectivity index (χ1) is 14.8. The van der Waals surface area contributed by atoms with E-state index >= 15 is 0 Å². The first-order valence-corrected chi connectivity index (χ1v) is 10.4. The lowest BCUT2D eigenvalue weighted by Crippen LogP contribution is -2.38. The number of anilines is 1. The van der Waals surface area contributed by atoms with E-state index in [1.54, 1.807) is 32.0 Å². The molecule has 1 heterocycles. The van der Waals surface area contributed by atoms with Crippen molar-refractivity contribution in [2.75, 3.05) is 18.1 Å². The van der Waals surface area contributed by atoms with Gasteiger partial charge in [-0.25, -0.2) is 14.5 Å². The number of nitrogens with zero attached hydrogens (tertiary/aromatic N) is 2. The second-order valence-corrected chi connectivity index (χ2v) is 7.78. The smallest absolute Gasteiger partial charge is 0.419 e. The molecule has 0 fully saturated rings. The predicted molar refractivity (Wildman–Crippen MR) is 117 cm³/mol. The second kappa shape index (κ2) is 9.74. The fourth-order valence-electron chi connectivity index (χ4n) is 3.57. The Balaban J connectivity index is 2.06. The van der Waals surface area contributed by atoms with Crippen LogP contribution >= 0.6 is 15.9 Å². The maximum Gasteiger partial charge on any atom is 0.419 e. The van der Waals surface area contributed by atoms with Crippen LogP contribution in [0.4, 0.5) is 10.5 Å². The van der Waals surface area contributed by atoms with E-state index in [0.29, 0.717) is 15.7 Å². The average molecular weight is 489 g/mol. The molecule has 1 aliphatic rings. The number of nitro groups is 1. The quantitative estimate of drug-likeness (QED) is 0.328. The zero-order chi connectivity index (χ0) is 22.5. The summed E-state index contributed by atoms with van der Waals surface area (Å²) in [6, 6.07) is 14.3. The monoisotopic (exact) mass is 488 g/mol. The number of rotatable bonds is 6. The van der Waals surface area contributed by atoms with Crippen LogP contribution in [0.5, 0.6) is 0 Å². The molecule has 0 saturated carbocycles. The van der Waals surface area contributed by atoms with Gasteiger partial charge in [-0.3, -0.25) is 10.1 Å². The Hall–Kier alpha value is -3.20.